The molecule has 2 rings (SSSR count). The van der Waals surface area contributed by atoms with Gasteiger partial charge in [-0.1, -0.05) is 18.2 Å². The second-order valence-corrected chi connectivity index (χ2v) is 4.55. The zero-order valence-corrected chi connectivity index (χ0v) is 11.6. The first-order valence-corrected chi connectivity index (χ1v) is 6.53. The van der Waals surface area contributed by atoms with Crippen LogP contribution in [0.1, 0.15) is 15.9 Å². The Hall–Kier alpha value is -2.56. The highest BCUT2D eigenvalue weighted by molar-refractivity contribution is 5.97. The van der Waals surface area contributed by atoms with Gasteiger partial charge in [-0.3, -0.25) is 4.79 Å². The van der Waals surface area contributed by atoms with Crippen molar-refractivity contribution in [3.05, 3.63) is 59.4 Å². The van der Waals surface area contributed by atoms with Gasteiger partial charge in [-0.05, 0) is 36.8 Å². The zero-order chi connectivity index (χ0) is 15.2. The molecule has 0 unspecified atom stereocenters. The Balaban J connectivity index is 1.85. The van der Waals surface area contributed by atoms with Gasteiger partial charge in [0, 0.05) is 0 Å². The smallest absolute Gasteiger partial charge is 0.258 e. The first-order chi connectivity index (χ1) is 10.1. The number of hydrogen-bond acceptors (Lipinski definition) is 3. The molecule has 0 saturated heterocycles. The number of hydrogen-bond donors (Lipinski definition) is 2. The Morgan fingerprint density at radius 1 is 1.29 bits per heavy atom. The van der Waals surface area contributed by atoms with E-state index >= 15 is 0 Å². The number of aromatic hydroxyl groups is 1. The fraction of sp³-hybridized carbons (Fsp3) is 0.188. The second-order valence-electron chi connectivity index (χ2n) is 4.55. The lowest BCUT2D eigenvalue weighted by Gasteiger charge is -2.09. The number of phenols is 1. The van der Waals surface area contributed by atoms with Crippen LogP contribution in [0.2, 0.25) is 0 Å². The molecule has 110 valence electrons. The van der Waals surface area contributed by atoms with Crippen molar-refractivity contribution >= 4 is 5.91 Å². The highest BCUT2D eigenvalue weighted by atomic mass is 19.1. The summed E-state index contributed by atoms with van der Waals surface area (Å²) in [5, 5.41) is 12.0. The molecule has 0 aliphatic rings. The minimum atomic E-state index is -0.757. The predicted octanol–water partition coefficient (Wildman–Crippen LogP) is 2.65. The maximum absolute atomic E-state index is 13.5. The lowest BCUT2D eigenvalue weighted by atomic mass is 10.2. The van der Waals surface area contributed by atoms with Crippen molar-refractivity contribution in [2.45, 2.75) is 6.92 Å². The normalized spacial score (nSPS) is 10.2. The highest BCUT2D eigenvalue weighted by Gasteiger charge is 2.15. The number of benzene rings is 2. The molecular formula is C16H16FNO3. The first kappa shape index (κ1) is 14.8. The monoisotopic (exact) mass is 289 g/mol. The van der Waals surface area contributed by atoms with Gasteiger partial charge in [-0.25, -0.2) is 4.39 Å². The van der Waals surface area contributed by atoms with E-state index in [0.717, 1.165) is 11.6 Å². The maximum atomic E-state index is 13.5. The number of ether oxygens (including phenoxy) is 1. The predicted molar refractivity (Wildman–Crippen MR) is 77.1 cm³/mol. The Bertz CT molecular complexity index is 623. The Morgan fingerprint density at radius 3 is 2.76 bits per heavy atom. The molecule has 0 aliphatic heterocycles. The molecule has 0 radical (unpaired) electrons. The van der Waals surface area contributed by atoms with Gasteiger partial charge in [-0.15, -0.1) is 0 Å². The van der Waals surface area contributed by atoms with E-state index in [4.69, 9.17) is 4.74 Å². The van der Waals surface area contributed by atoms with E-state index in [1.54, 1.807) is 0 Å². The van der Waals surface area contributed by atoms with Gasteiger partial charge in [0.05, 0.1) is 6.54 Å². The molecule has 0 fully saturated rings. The topological polar surface area (TPSA) is 58.6 Å². The van der Waals surface area contributed by atoms with E-state index in [9.17, 15) is 14.3 Å². The fourth-order valence-electron chi connectivity index (χ4n) is 1.86. The summed E-state index contributed by atoms with van der Waals surface area (Å²) in [5.41, 5.74) is 0.723. The molecule has 0 heterocycles. The second kappa shape index (κ2) is 6.74. The summed E-state index contributed by atoms with van der Waals surface area (Å²) in [4.78, 5) is 11.8. The third-order valence-electron chi connectivity index (χ3n) is 2.86. The summed E-state index contributed by atoms with van der Waals surface area (Å²) < 4.78 is 18.9. The number of rotatable bonds is 5. The fourth-order valence-corrected chi connectivity index (χ4v) is 1.86. The molecule has 4 nitrogen and oxygen atoms in total. The highest BCUT2D eigenvalue weighted by Crippen LogP contribution is 2.19. The zero-order valence-electron chi connectivity index (χ0n) is 11.6. The van der Waals surface area contributed by atoms with Gasteiger partial charge < -0.3 is 15.2 Å². The lowest BCUT2D eigenvalue weighted by Crippen LogP contribution is -2.28. The standard InChI is InChI=1S/C16H16FNO3/c1-11-4-2-5-12(10-11)21-9-8-18-16(20)15-13(17)6-3-7-14(15)19/h2-7,10,19H,8-9H2,1H3,(H,18,20). The van der Waals surface area contributed by atoms with E-state index < -0.39 is 11.7 Å². The molecule has 2 aromatic carbocycles. The summed E-state index contributed by atoms with van der Waals surface area (Å²) in [6.45, 7) is 2.42. The molecule has 0 aromatic heterocycles. The van der Waals surface area contributed by atoms with E-state index in [1.165, 1.54) is 12.1 Å². The molecule has 0 bridgehead atoms. The average molecular weight is 289 g/mol. The van der Waals surface area contributed by atoms with E-state index in [2.05, 4.69) is 5.32 Å². The quantitative estimate of drug-likeness (QED) is 0.832. The van der Waals surface area contributed by atoms with Crippen LogP contribution in [-0.2, 0) is 0 Å². The molecule has 0 aliphatic carbocycles. The summed E-state index contributed by atoms with van der Waals surface area (Å²) in [6.07, 6.45) is 0. The summed E-state index contributed by atoms with van der Waals surface area (Å²) in [7, 11) is 0. The third-order valence-corrected chi connectivity index (χ3v) is 2.86. The number of carbonyl (C=O) groups excluding carboxylic acids is 1. The molecule has 0 spiro atoms. The van der Waals surface area contributed by atoms with Crippen molar-refractivity contribution in [2.24, 2.45) is 0 Å². The van der Waals surface area contributed by atoms with Gasteiger partial charge >= 0.3 is 0 Å². The first-order valence-electron chi connectivity index (χ1n) is 6.53. The molecular weight excluding hydrogens is 273 g/mol. The van der Waals surface area contributed by atoms with Crippen LogP contribution < -0.4 is 10.1 Å². The van der Waals surface area contributed by atoms with Gasteiger partial charge in [0.15, 0.2) is 0 Å². The molecule has 0 atom stereocenters. The van der Waals surface area contributed by atoms with Crippen LogP contribution in [0.15, 0.2) is 42.5 Å². The molecule has 0 saturated carbocycles. The minimum absolute atomic E-state index is 0.209. The van der Waals surface area contributed by atoms with Crippen molar-refractivity contribution in [1.82, 2.24) is 5.32 Å². The molecule has 5 heteroatoms. The van der Waals surface area contributed by atoms with Crippen molar-refractivity contribution in [3.63, 3.8) is 0 Å². The SMILES string of the molecule is Cc1cccc(OCCNC(=O)c2c(O)cccc2F)c1. The van der Waals surface area contributed by atoms with Crippen LogP contribution in [0, 0.1) is 12.7 Å². The Morgan fingerprint density at radius 2 is 2.05 bits per heavy atom. The van der Waals surface area contributed by atoms with Gasteiger partial charge in [0.2, 0.25) is 0 Å². The summed E-state index contributed by atoms with van der Waals surface area (Å²) >= 11 is 0. The van der Waals surface area contributed by atoms with Crippen LogP contribution in [0.25, 0.3) is 0 Å². The Labute approximate surface area is 122 Å². The molecule has 2 aromatic rings. The van der Waals surface area contributed by atoms with Crippen molar-refractivity contribution in [3.8, 4) is 11.5 Å². The van der Waals surface area contributed by atoms with Gasteiger partial charge in [0.1, 0.15) is 29.5 Å². The average Bonchev–Trinajstić information content (AvgIpc) is 2.43. The third kappa shape index (κ3) is 3.95. The Kier molecular flexibility index (Phi) is 4.77. The van der Waals surface area contributed by atoms with E-state index in [-0.39, 0.29) is 24.5 Å². The largest absolute Gasteiger partial charge is 0.507 e. The number of phenolic OH excluding ortho intramolecular Hbond substituents is 1. The van der Waals surface area contributed by atoms with E-state index in [1.807, 2.05) is 31.2 Å². The molecule has 2 N–H and O–H groups in total. The van der Waals surface area contributed by atoms with Crippen molar-refractivity contribution in [1.29, 1.82) is 0 Å². The summed E-state index contributed by atoms with van der Waals surface area (Å²) in [5.74, 6) is -1.10. The number of nitrogens with one attached hydrogen (secondary N) is 1. The summed E-state index contributed by atoms with van der Waals surface area (Å²) in [6, 6.07) is 11.2. The van der Waals surface area contributed by atoms with Crippen LogP contribution in [0.5, 0.6) is 11.5 Å². The van der Waals surface area contributed by atoms with Gasteiger partial charge in [0.25, 0.3) is 5.91 Å². The van der Waals surface area contributed by atoms with Crippen molar-refractivity contribution < 1.29 is 19.0 Å². The number of carbonyl (C=O) groups is 1. The van der Waals surface area contributed by atoms with Crippen molar-refractivity contribution in [2.75, 3.05) is 13.2 Å². The van der Waals surface area contributed by atoms with Crippen LogP contribution in [0.3, 0.4) is 0 Å². The van der Waals surface area contributed by atoms with Crippen LogP contribution >= 0.6 is 0 Å². The van der Waals surface area contributed by atoms with Crippen LogP contribution in [-0.4, -0.2) is 24.2 Å². The minimum Gasteiger partial charge on any atom is -0.507 e. The lowest BCUT2D eigenvalue weighted by molar-refractivity contribution is 0.0940. The van der Waals surface area contributed by atoms with Crippen LogP contribution in [0.4, 0.5) is 4.39 Å². The molecule has 1 amide bonds. The number of amides is 1. The maximum Gasteiger partial charge on any atom is 0.258 e. The van der Waals surface area contributed by atoms with E-state index in [0.29, 0.717) is 5.75 Å². The number of halogens is 1. The number of aryl methyl sites for hydroxylation is 1. The van der Waals surface area contributed by atoms with Gasteiger partial charge in [-0.2, -0.15) is 0 Å². The molecule has 21 heavy (non-hydrogen) atoms.